The summed E-state index contributed by atoms with van der Waals surface area (Å²) in [7, 11) is 2.45. The zero-order valence-electron chi connectivity index (χ0n) is 15.8. The molecule has 13 heteroatoms. The van der Waals surface area contributed by atoms with Crippen molar-refractivity contribution in [2.75, 3.05) is 14.2 Å². The minimum absolute atomic E-state index is 0. The van der Waals surface area contributed by atoms with Gasteiger partial charge in [0.25, 0.3) is 0 Å². The van der Waals surface area contributed by atoms with Gasteiger partial charge in [0.1, 0.15) is 6.04 Å². The van der Waals surface area contributed by atoms with E-state index in [-0.39, 0.29) is 18.3 Å². The van der Waals surface area contributed by atoms with Gasteiger partial charge in [-0.05, 0) is 12.1 Å². The smallest absolute Gasteiger partial charge is 0.350 e. The molecule has 12 nitrogen and oxygen atoms in total. The minimum atomic E-state index is -2.04. The number of carboxylic acids is 2. The van der Waals surface area contributed by atoms with Gasteiger partial charge in [-0.2, -0.15) is 0 Å². The van der Waals surface area contributed by atoms with Crippen molar-refractivity contribution in [3.05, 3.63) is 35.9 Å². The van der Waals surface area contributed by atoms with Gasteiger partial charge in [0.05, 0.1) is 14.2 Å². The number of carboxylic acid groups (broad SMARTS) is 2. The summed E-state index contributed by atoms with van der Waals surface area (Å²) in [5.74, 6) is -4.26. The lowest BCUT2D eigenvalue weighted by Gasteiger charge is -2.13. The molecule has 1 aromatic rings. The number of esters is 2. The molecule has 0 spiro atoms. The number of aliphatic hydroxyl groups is 1. The van der Waals surface area contributed by atoms with E-state index in [1.165, 1.54) is 14.2 Å². The number of ether oxygens (including phenoxy) is 3. The molecule has 0 aromatic heterocycles. The number of hydrogen-bond acceptors (Lipinski definition) is 10. The maximum absolute atomic E-state index is 11.6. The first-order valence-corrected chi connectivity index (χ1v) is 7.98. The van der Waals surface area contributed by atoms with Gasteiger partial charge in [-0.3, -0.25) is 4.79 Å². The first-order chi connectivity index (χ1) is 13.6. The standard InChI is InChI=1S/C13H13NO5.C4H7NO5.ClH/c1-17-12(15)9-10(13(16)18-2)19-11(14-9)8-6-4-3-5-7-8;5-1(3(7)8)2(6)4(9)10;/h3-7,9-10H,1-2H3;1-2,6H,5H2,(H,7,8)(H,9,10);1H/t9-,10-;1-,2-;/m00./s1. The van der Waals surface area contributed by atoms with Crippen LogP contribution in [-0.4, -0.2) is 83.6 Å². The normalized spacial score (nSPS) is 18.7. The van der Waals surface area contributed by atoms with Crippen LogP contribution in [0, 0.1) is 0 Å². The molecule has 1 aliphatic rings. The number of benzene rings is 1. The summed E-state index contributed by atoms with van der Waals surface area (Å²) in [5, 5.41) is 24.5. The summed E-state index contributed by atoms with van der Waals surface area (Å²) in [6.07, 6.45) is -3.15. The molecule has 0 bridgehead atoms. The number of carbonyl (C=O) groups excluding carboxylic acids is 2. The van der Waals surface area contributed by atoms with Gasteiger partial charge < -0.3 is 35.3 Å². The first kappa shape index (κ1) is 26.8. The molecule has 0 unspecified atom stereocenters. The Morgan fingerprint density at radius 2 is 1.57 bits per heavy atom. The molecule has 0 amide bonds. The fourth-order valence-electron chi connectivity index (χ4n) is 2.01. The summed E-state index contributed by atoms with van der Waals surface area (Å²) in [6.45, 7) is 0. The Hall–Kier alpha value is -3.22. The van der Waals surface area contributed by atoms with E-state index in [0.29, 0.717) is 5.56 Å². The molecule has 30 heavy (non-hydrogen) atoms. The largest absolute Gasteiger partial charge is 0.480 e. The lowest BCUT2D eigenvalue weighted by molar-refractivity contribution is -0.156. The topological polar surface area (TPSA) is 195 Å². The molecule has 4 atom stereocenters. The van der Waals surface area contributed by atoms with Crippen LogP contribution < -0.4 is 5.73 Å². The lowest BCUT2D eigenvalue weighted by Crippen LogP contribution is -2.46. The highest BCUT2D eigenvalue weighted by atomic mass is 35.5. The van der Waals surface area contributed by atoms with Crippen molar-refractivity contribution < 1.29 is 48.7 Å². The van der Waals surface area contributed by atoms with Crippen LogP contribution >= 0.6 is 12.4 Å². The Balaban J connectivity index is 0.000000658. The number of aliphatic imine (C=N–C) groups is 1. The number of carbonyl (C=O) groups is 4. The third-order valence-electron chi connectivity index (χ3n) is 3.56. The van der Waals surface area contributed by atoms with Crippen LogP contribution in [0.15, 0.2) is 35.3 Å². The second kappa shape index (κ2) is 12.4. The average Bonchev–Trinajstić information content (AvgIpc) is 3.18. The summed E-state index contributed by atoms with van der Waals surface area (Å²) in [6, 6.07) is 6.19. The van der Waals surface area contributed by atoms with E-state index >= 15 is 0 Å². The Morgan fingerprint density at radius 3 is 1.97 bits per heavy atom. The molecule has 1 aromatic carbocycles. The Morgan fingerprint density at radius 1 is 1.03 bits per heavy atom. The van der Waals surface area contributed by atoms with Crippen LogP contribution in [-0.2, 0) is 33.4 Å². The second-order valence-corrected chi connectivity index (χ2v) is 5.48. The van der Waals surface area contributed by atoms with Crippen molar-refractivity contribution in [3.8, 4) is 0 Å². The van der Waals surface area contributed by atoms with Gasteiger partial charge in [-0.15, -0.1) is 12.4 Å². The van der Waals surface area contributed by atoms with Crippen molar-refractivity contribution in [1.82, 2.24) is 0 Å². The van der Waals surface area contributed by atoms with Gasteiger partial charge in [-0.25, -0.2) is 19.4 Å². The lowest BCUT2D eigenvalue weighted by atomic mass is 10.2. The van der Waals surface area contributed by atoms with Crippen molar-refractivity contribution in [3.63, 3.8) is 0 Å². The Kier molecular flexibility index (Phi) is 11.0. The average molecular weight is 449 g/mol. The second-order valence-electron chi connectivity index (χ2n) is 5.48. The molecule has 166 valence electrons. The SMILES string of the molecule is COC(=O)[C@H]1N=C(c2ccccc2)O[C@@H]1C(=O)OC.Cl.N[C@H](C(=O)O)[C@H](O)C(=O)O. The highest BCUT2D eigenvalue weighted by molar-refractivity contribution is 6.01. The Labute approximate surface area is 176 Å². The quantitative estimate of drug-likeness (QED) is 0.382. The molecule has 2 rings (SSSR count). The number of nitrogens with two attached hydrogens (primary N) is 1. The highest BCUT2D eigenvalue weighted by Gasteiger charge is 2.43. The summed E-state index contributed by atoms with van der Waals surface area (Å²) >= 11 is 0. The molecule has 0 saturated carbocycles. The molecule has 0 radical (unpaired) electrons. The van der Waals surface area contributed by atoms with Crippen LogP contribution in [0.5, 0.6) is 0 Å². The van der Waals surface area contributed by atoms with Gasteiger partial charge in [0.15, 0.2) is 12.1 Å². The van der Waals surface area contributed by atoms with E-state index in [0.717, 1.165) is 0 Å². The van der Waals surface area contributed by atoms with Crippen LogP contribution in [0.3, 0.4) is 0 Å². The zero-order chi connectivity index (χ0) is 22.1. The predicted octanol–water partition coefficient (Wildman–Crippen LogP) is -1.19. The third kappa shape index (κ3) is 6.99. The first-order valence-electron chi connectivity index (χ1n) is 7.98. The maximum Gasteiger partial charge on any atom is 0.350 e. The van der Waals surface area contributed by atoms with E-state index in [2.05, 4.69) is 14.5 Å². The van der Waals surface area contributed by atoms with E-state index in [1.54, 1.807) is 24.3 Å². The van der Waals surface area contributed by atoms with Crippen molar-refractivity contribution in [1.29, 1.82) is 0 Å². The summed E-state index contributed by atoms with van der Waals surface area (Å²) < 4.78 is 14.6. The van der Waals surface area contributed by atoms with Gasteiger partial charge in [0, 0.05) is 5.56 Å². The summed E-state index contributed by atoms with van der Waals surface area (Å²) in [4.78, 5) is 47.0. The van der Waals surface area contributed by atoms with Gasteiger partial charge >= 0.3 is 23.9 Å². The van der Waals surface area contributed by atoms with E-state index in [1.807, 2.05) is 6.07 Å². The van der Waals surface area contributed by atoms with E-state index in [9.17, 15) is 19.2 Å². The van der Waals surface area contributed by atoms with Crippen molar-refractivity contribution in [2.45, 2.75) is 24.3 Å². The van der Waals surface area contributed by atoms with E-state index < -0.39 is 48.2 Å². The number of rotatable bonds is 6. The molecule has 1 heterocycles. The predicted molar refractivity (Wildman–Crippen MR) is 102 cm³/mol. The fraction of sp³-hybridized carbons (Fsp3) is 0.353. The molecule has 0 fully saturated rings. The third-order valence-corrected chi connectivity index (χ3v) is 3.56. The van der Waals surface area contributed by atoms with Crippen molar-refractivity contribution in [2.24, 2.45) is 10.7 Å². The molecule has 1 aliphatic heterocycles. The highest BCUT2D eigenvalue weighted by Crippen LogP contribution is 2.20. The Bertz CT molecular complexity index is 768. The number of aliphatic carboxylic acids is 2. The maximum atomic E-state index is 11.6. The number of aliphatic hydroxyl groups excluding tert-OH is 1. The van der Waals surface area contributed by atoms with Crippen LogP contribution in [0.4, 0.5) is 0 Å². The van der Waals surface area contributed by atoms with Gasteiger partial charge in [-0.1, -0.05) is 18.2 Å². The van der Waals surface area contributed by atoms with Gasteiger partial charge in [0.2, 0.25) is 12.0 Å². The van der Waals surface area contributed by atoms with Crippen LogP contribution in [0.1, 0.15) is 5.56 Å². The zero-order valence-corrected chi connectivity index (χ0v) is 16.6. The summed E-state index contributed by atoms with van der Waals surface area (Å²) in [5.41, 5.74) is 5.41. The minimum Gasteiger partial charge on any atom is -0.480 e. The molecule has 5 N–H and O–H groups in total. The number of methoxy groups -OCH3 is 2. The number of nitrogens with zero attached hydrogens (tertiary/aromatic N) is 1. The number of halogens is 1. The van der Waals surface area contributed by atoms with Crippen LogP contribution in [0.2, 0.25) is 0 Å². The molecule has 0 saturated heterocycles. The fourth-order valence-corrected chi connectivity index (χ4v) is 2.01. The molecule has 0 aliphatic carbocycles. The molecular formula is C17H21ClN2O10. The monoisotopic (exact) mass is 448 g/mol. The number of hydrogen-bond donors (Lipinski definition) is 4. The van der Waals surface area contributed by atoms with Crippen LogP contribution in [0.25, 0.3) is 0 Å². The molecular weight excluding hydrogens is 428 g/mol. The van der Waals surface area contributed by atoms with E-state index in [4.69, 9.17) is 25.8 Å². The van der Waals surface area contributed by atoms with Crippen molar-refractivity contribution >= 4 is 42.2 Å².